The van der Waals surface area contributed by atoms with E-state index in [4.69, 9.17) is 0 Å². The molecule has 1 heterocycles. The maximum absolute atomic E-state index is 12.1. The van der Waals surface area contributed by atoms with Crippen molar-refractivity contribution in [3.63, 3.8) is 0 Å². The third kappa shape index (κ3) is 2.94. The second kappa shape index (κ2) is 5.15. The molecule has 0 aliphatic rings. The summed E-state index contributed by atoms with van der Waals surface area (Å²) in [6.07, 6.45) is 4.22. The van der Waals surface area contributed by atoms with Gasteiger partial charge in [0.05, 0.1) is 5.75 Å². The van der Waals surface area contributed by atoms with Gasteiger partial charge >= 0.3 is 6.41 Å². The van der Waals surface area contributed by atoms with E-state index in [1.807, 2.05) is 0 Å². The van der Waals surface area contributed by atoms with Crippen molar-refractivity contribution in [2.75, 3.05) is 4.41 Å². The summed E-state index contributed by atoms with van der Waals surface area (Å²) in [4.78, 5) is 10.9. The van der Waals surface area contributed by atoms with Gasteiger partial charge in [0.2, 0.25) is 0 Å². The van der Waals surface area contributed by atoms with E-state index in [0.29, 0.717) is 9.98 Å². The topological polar surface area (TPSA) is 79.6 Å². The van der Waals surface area contributed by atoms with E-state index in [2.05, 4.69) is 0 Å². The largest absolute Gasteiger partial charge is 0.508 e. The van der Waals surface area contributed by atoms with E-state index < -0.39 is 15.8 Å². The van der Waals surface area contributed by atoms with Crippen LogP contribution in [0.3, 0.4) is 0 Å². The SMILES string of the molecule is O=[C]N(n1cccc1)S(=O)(=O)Cc1cccc(O)c1. The summed E-state index contributed by atoms with van der Waals surface area (Å²) in [7, 11) is -3.90. The van der Waals surface area contributed by atoms with Gasteiger partial charge in [-0.15, -0.1) is 4.41 Å². The number of carbonyl (C=O) groups excluding carboxylic acids is 1. The number of nitrogens with zero attached hydrogens (tertiary/aromatic N) is 2. The molecule has 1 amide bonds. The van der Waals surface area contributed by atoms with Crippen LogP contribution in [0.1, 0.15) is 5.56 Å². The number of aromatic nitrogens is 1. The van der Waals surface area contributed by atoms with Crippen molar-refractivity contribution in [2.24, 2.45) is 0 Å². The fraction of sp³-hybridized carbons (Fsp3) is 0.0833. The quantitative estimate of drug-likeness (QED) is 0.818. The molecule has 0 saturated heterocycles. The van der Waals surface area contributed by atoms with E-state index >= 15 is 0 Å². The van der Waals surface area contributed by atoms with E-state index in [1.165, 1.54) is 37.0 Å². The summed E-state index contributed by atoms with van der Waals surface area (Å²) < 4.78 is 25.8. The number of phenols is 1. The Hall–Kier alpha value is -2.28. The van der Waals surface area contributed by atoms with Crippen molar-refractivity contribution < 1.29 is 18.3 Å². The molecule has 0 unspecified atom stereocenters. The predicted octanol–water partition coefficient (Wildman–Crippen LogP) is 0.729. The summed E-state index contributed by atoms with van der Waals surface area (Å²) in [6, 6.07) is 9.03. The molecule has 99 valence electrons. The molecule has 0 atom stereocenters. The molecule has 1 radical (unpaired) electrons. The lowest BCUT2D eigenvalue weighted by molar-refractivity contribution is 0.475. The maximum atomic E-state index is 12.1. The first kappa shape index (κ1) is 13.2. The average Bonchev–Trinajstić information content (AvgIpc) is 2.82. The van der Waals surface area contributed by atoms with Crippen LogP contribution in [0.25, 0.3) is 0 Å². The van der Waals surface area contributed by atoms with Gasteiger partial charge in [-0.2, -0.15) is 0 Å². The molecule has 6 nitrogen and oxygen atoms in total. The number of aromatic hydroxyl groups is 1. The number of benzene rings is 1. The molecular weight excluding hydrogens is 268 g/mol. The molecular formula is C12H11N2O4S. The van der Waals surface area contributed by atoms with Crippen molar-refractivity contribution in [3.8, 4) is 5.75 Å². The lowest BCUT2D eigenvalue weighted by atomic mass is 10.2. The lowest BCUT2D eigenvalue weighted by Crippen LogP contribution is -2.39. The Labute approximate surface area is 110 Å². The summed E-state index contributed by atoms with van der Waals surface area (Å²) in [5.74, 6) is -0.440. The van der Waals surface area contributed by atoms with E-state index in [1.54, 1.807) is 18.2 Å². The van der Waals surface area contributed by atoms with E-state index in [9.17, 15) is 18.3 Å². The van der Waals surface area contributed by atoms with Crippen LogP contribution in [0.15, 0.2) is 48.8 Å². The molecule has 19 heavy (non-hydrogen) atoms. The molecule has 0 spiro atoms. The molecule has 7 heteroatoms. The van der Waals surface area contributed by atoms with Crippen LogP contribution in [0.2, 0.25) is 0 Å². The van der Waals surface area contributed by atoms with E-state index in [0.717, 1.165) is 4.68 Å². The second-order valence-electron chi connectivity index (χ2n) is 3.82. The highest BCUT2D eigenvalue weighted by molar-refractivity contribution is 7.92. The van der Waals surface area contributed by atoms with Gasteiger partial charge in [0.1, 0.15) is 5.75 Å². The highest BCUT2D eigenvalue weighted by atomic mass is 32.2. The zero-order valence-electron chi connectivity index (χ0n) is 9.80. The predicted molar refractivity (Wildman–Crippen MR) is 69.1 cm³/mol. The number of rotatable bonds is 5. The molecule has 0 fully saturated rings. The molecule has 1 aromatic carbocycles. The Morgan fingerprint density at radius 2 is 1.89 bits per heavy atom. The number of sulfonamides is 1. The highest BCUT2D eigenvalue weighted by Crippen LogP contribution is 2.15. The molecule has 0 aliphatic carbocycles. The third-order valence-electron chi connectivity index (χ3n) is 2.40. The molecule has 1 aromatic heterocycles. The van der Waals surface area contributed by atoms with Crippen LogP contribution >= 0.6 is 0 Å². The lowest BCUT2D eigenvalue weighted by Gasteiger charge is -2.17. The summed E-state index contributed by atoms with van der Waals surface area (Å²) in [5.41, 5.74) is 0.382. The Bertz CT molecular complexity index is 665. The van der Waals surface area contributed by atoms with Gasteiger partial charge in [0, 0.05) is 12.4 Å². The number of hydrogen-bond acceptors (Lipinski definition) is 4. The minimum Gasteiger partial charge on any atom is -0.508 e. The molecule has 0 aliphatic heterocycles. The number of hydrogen-bond donors (Lipinski definition) is 1. The van der Waals surface area contributed by atoms with Crippen molar-refractivity contribution in [1.82, 2.24) is 4.68 Å². The van der Waals surface area contributed by atoms with Gasteiger partial charge in [0.15, 0.2) is 0 Å². The van der Waals surface area contributed by atoms with Crippen molar-refractivity contribution in [1.29, 1.82) is 0 Å². The first-order valence-electron chi connectivity index (χ1n) is 5.35. The molecule has 0 saturated carbocycles. The highest BCUT2D eigenvalue weighted by Gasteiger charge is 2.23. The number of phenolic OH excluding ortho intramolecular Hbond substituents is 1. The van der Waals surface area contributed by atoms with Crippen molar-refractivity contribution >= 4 is 16.4 Å². The number of amides is 1. The Morgan fingerprint density at radius 1 is 1.21 bits per heavy atom. The van der Waals surface area contributed by atoms with Crippen LogP contribution < -0.4 is 4.41 Å². The van der Waals surface area contributed by atoms with Gasteiger partial charge < -0.3 is 5.11 Å². The molecule has 2 rings (SSSR count). The van der Waals surface area contributed by atoms with Gasteiger partial charge in [-0.25, -0.2) is 8.42 Å². The van der Waals surface area contributed by atoms with Crippen LogP contribution in [0.5, 0.6) is 5.75 Å². The van der Waals surface area contributed by atoms with Crippen molar-refractivity contribution in [3.05, 3.63) is 54.4 Å². The van der Waals surface area contributed by atoms with Crippen molar-refractivity contribution in [2.45, 2.75) is 5.75 Å². The third-order valence-corrected chi connectivity index (χ3v) is 3.89. The van der Waals surface area contributed by atoms with Crippen LogP contribution in [0.4, 0.5) is 0 Å². The Morgan fingerprint density at radius 3 is 2.47 bits per heavy atom. The molecule has 0 bridgehead atoms. The van der Waals surface area contributed by atoms with Gasteiger partial charge in [-0.1, -0.05) is 12.1 Å². The zero-order chi connectivity index (χ0) is 13.9. The maximum Gasteiger partial charge on any atom is 0.348 e. The summed E-state index contributed by atoms with van der Waals surface area (Å²) in [5, 5.41) is 9.30. The van der Waals surface area contributed by atoms with E-state index in [-0.39, 0.29) is 5.75 Å². The van der Waals surface area contributed by atoms with Gasteiger partial charge in [-0.3, -0.25) is 9.47 Å². The normalized spacial score (nSPS) is 11.2. The minimum atomic E-state index is -3.90. The van der Waals surface area contributed by atoms with Gasteiger partial charge in [-0.05, 0) is 29.8 Å². The fourth-order valence-electron chi connectivity index (χ4n) is 1.61. The van der Waals surface area contributed by atoms with Gasteiger partial charge in [0.25, 0.3) is 10.0 Å². The average molecular weight is 279 g/mol. The Kier molecular flexibility index (Phi) is 3.57. The standard InChI is InChI=1S/C12H11N2O4S/c15-10-14(13-6-1-2-7-13)19(17,18)9-11-4-3-5-12(16)8-11/h1-8,16H,9H2. The first-order valence-corrected chi connectivity index (χ1v) is 6.96. The zero-order valence-corrected chi connectivity index (χ0v) is 10.6. The van der Waals surface area contributed by atoms with Crippen LogP contribution in [-0.2, 0) is 20.6 Å². The summed E-state index contributed by atoms with van der Waals surface area (Å²) in [6.45, 7) is 0. The second-order valence-corrected chi connectivity index (χ2v) is 5.62. The fourth-order valence-corrected chi connectivity index (χ4v) is 2.84. The smallest absolute Gasteiger partial charge is 0.348 e. The molecule has 2 aromatic rings. The monoisotopic (exact) mass is 279 g/mol. The molecule has 1 N–H and O–H groups in total. The van der Waals surface area contributed by atoms with Crippen LogP contribution in [-0.4, -0.2) is 24.6 Å². The summed E-state index contributed by atoms with van der Waals surface area (Å²) >= 11 is 0. The first-order chi connectivity index (χ1) is 9.03. The Balaban J connectivity index is 2.29. The van der Waals surface area contributed by atoms with Crippen LogP contribution in [0, 0.1) is 0 Å². The minimum absolute atomic E-state index is 0.0321.